The lowest BCUT2D eigenvalue weighted by atomic mass is 9.98. The predicted molar refractivity (Wildman–Crippen MR) is 84.0 cm³/mol. The number of para-hydroxylation sites is 1. The van der Waals surface area contributed by atoms with E-state index in [0.29, 0.717) is 5.02 Å². The molecule has 0 aliphatic rings. The monoisotopic (exact) mass is 280 g/mol. The summed E-state index contributed by atoms with van der Waals surface area (Å²) in [5.41, 5.74) is 3.84. The highest BCUT2D eigenvalue weighted by molar-refractivity contribution is 6.31. The number of hydrogen-bond acceptors (Lipinski definition) is 1. The van der Waals surface area contributed by atoms with E-state index in [9.17, 15) is 5.11 Å². The van der Waals surface area contributed by atoms with Crippen molar-refractivity contribution >= 4 is 11.6 Å². The second-order valence-corrected chi connectivity index (χ2v) is 5.05. The van der Waals surface area contributed by atoms with Crippen molar-refractivity contribution in [2.75, 3.05) is 0 Å². The summed E-state index contributed by atoms with van der Waals surface area (Å²) < 4.78 is 0. The largest absolute Gasteiger partial charge is 0.507 e. The molecule has 0 aliphatic carbocycles. The highest BCUT2D eigenvalue weighted by Crippen LogP contribution is 2.34. The zero-order valence-corrected chi connectivity index (χ0v) is 11.5. The lowest BCUT2D eigenvalue weighted by molar-refractivity contribution is 0.477. The van der Waals surface area contributed by atoms with Crippen molar-refractivity contribution in [2.24, 2.45) is 0 Å². The summed E-state index contributed by atoms with van der Waals surface area (Å²) in [6, 6.07) is 23.2. The molecule has 0 aliphatic heterocycles. The highest BCUT2D eigenvalue weighted by atomic mass is 35.5. The van der Waals surface area contributed by atoms with Crippen LogP contribution in [0.2, 0.25) is 5.02 Å². The molecule has 0 fully saturated rings. The Labute approximate surface area is 123 Å². The van der Waals surface area contributed by atoms with Gasteiger partial charge in [0.25, 0.3) is 0 Å². The molecule has 3 aromatic rings. The predicted octanol–water partition coefficient (Wildman–Crippen LogP) is 5.38. The fourth-order valence-electron chi connectivity index (χ4n) is 2.26. The Kier molecular flexibility index (Phi) is 3.44. The van der Waals surface area contributed by atoms with E-state index in [4.69, 9.17) is 11.6 Å². The number of aromatic hydroxyl groups is 1. The zero-order chi connectivity index (χ0) is 13.9. The first-order valence-electron chi connectivity index (χ1n) is 6.38. The molecule has 1 nitrogen and oxygen atoms in total. The summed E-state index contributed by atoms with van der Waals surface area (Å²) in [5.74, 6) is 0.258. The van der Waals surface area contributed by atoms with Crippen LogP contribution in [0.15, 0.2) is 72.8 Å². The van der Waals surface area contributed by atoms with Crippen molar-refractivity contribution in [3.05, 3.63) is 77.8 Å². The zero-order valence-electron chi connectivity index (χ0n) is 10.8. The molecule has 3 aromatic carbocycles. The summed E-state index contributed by atoms with van der Waals surface area (Å²) in [4.78, 5) is 0. The van der Waals surface area contributed by atoms with Crippen LogP contribution in [0.5, 0.6) is 5.75 Å². The fourth-order valence-corrected chi connectivity index (χ4v) is 2.50. The smallest absolute Gasteiger partial charge is 0.123 e. The van der Waals surface area contributed by atoms with E-state index in [2.05, 4.69) is 0 Å². The molecule has 0 unspecified atom stereocenters. The van der Waals surface area contributed by atoms with Crippen molar-refractivity contribution < 1.29 is 5.11 Å². The molecule has 3 rings (SSSR count). The molecule has 0 atom stereocenters. The van der Waals surface area contributed by atoms with Gasteiger partial charge in [0.05, 0.1) is 0 Å². The topological polar surface area (TPSA) is 20.2 Å². The first-order valence-corrected chi connectivity index (χ1v) is 6.76. The molecule has 0 saturated carbocycles. The summed E-state index contributed by atoms with van der Waals surface area (Å²) in [7, 11) is 0. The summed E-state index contributed by atoms with van der Waals surface area (Å²) in [6.45, 7) is 0. The molecule has 20 heavy (non-hydrogen) atoms. The van der Waals surface area contributed by atoms with Gasteiger partial charge in [-0.15, -0.1) is 0 Å². The van der Waals surface area contributed by atoms with E-state index in [0.717, 1.165) is 22.3 Å². The number of benzene rings is 3. The van der Waals surface area contributed by atoms with Gasteiger partial charge in [-0.2, -0.15) is 0 Å². The van der Waals surface area contributed by atoms with Crippen LogP contribution in [-0.4, -0.2) is 5.11 Å². The SMILES string of the molecule is Oc1ccccc1-c1cc(Cl)cc(-c2ccccc2)c1. The van der Waals surface area contributed by atoms with Gasteiger partial charge in [-0.25, -0.2) is 0 Å². The van der Waals surface area contributed by atoms with E-state index >= 15 is 0 Å². The van der Waals surface area contributed by atoms with Crippen molar-refractivity contribution in [3.8, 4) is 28.0 Å². The summed E-state index contributed by atoms with van der Waals surface area (Å²) in [6.07, 6.45) is 0. The van der Waals surface area contributed by atoms with E-state index in [1.54, 1.807) is 6.07 Å². The van der Waals surface area contributed by atoms with Crippen molar-refractivity contribution in [1.82, 2.24) is 0 Å². The van der Waals surface area contributed by atoms with Gasteiger partial charge in [0.2, 0.25) is 0 Å². The maximum Gasteiger partial charge on any atom is 0.123 e. The lowest BCUT2D eigenvalue weighted by Crippen LogP contribution is -1.83. The molecule has 0 bridgehead atoms. The number of hydrogen-bond donors (Lipinski definition) is 1. The van der Waals surface area contributed by atoms with E-state index < -0.39 is 0 Å². The van der Waals surface area contributed by atoms with Crippen molar-refractivity contribution in [1.29, 1.82) is 0 Å². The van der Waals surface area contributed by atoms with Crippen molar-refractivity contribution in [2.45, 2.75) is 0 Å². The summed E-state index contributed by atoms with van der Waals surface area (Å²) in [5, 5.41) is 10.6. The van der Waals surface area contributed by atoms with Gasteiger partial charge in [-0.1, -0.05) is 60.1 Å². The van der Waals surface area contributed by atoms with Crippen LogP contribution in [0.3, 0.4) is 0 Å². The van der Waals surface area contributed by atoms with Gasteiger partial charge >= 0.3 is 0 Å². The van der Waals surface area contributed by atoms with Gasteiger partial charge in [0.15, 0.2) is 0 Å². The Bertz CT molecular complexity index is 735. The van der Waals surface area contributed by atoms with Gasteiger partial charge in [0.1, 0.15) is 5.75 Å². The lowest BCUT2D eigenvalue weighted by Gasteiger charge is -2.09. The van der Waals surface area contributed by atoms with Gasteiger partial charge in [-0.3, -0.25) is 0 Å². The minimum absolute atomic E-state index is 0.258. The van der Waals surface area contributed by atoms with Crippen LogP contribution in [0.4, 0.5) is 0 Å². The number of rotatable bonds is 2. The average Bonchev–Trinajstić information content (AvgIpc) is 2.48. The van der Waals surface area contributed by atoms with Crippen LogP contribution in [0.25, 0.3) is 22.3 Å². The average molecular weight is 281 g/mol. The molecule has 0 spiro atoms. The van der Waals surface area contributed by atoms with Gasteiger partial charge < -0.3 is 5.11 Å². The molecule has 0 amide bonds. The normalized spacial score (nSPS) is 10.4. The molecule has 0 aromatic heterocycles. The van der Waals surface area contributed by atoms with Crippen LogP contribution >= 0.6 is 11.6 Å². The third kappa shape index (κ3) is 2.54. The molecular weight excluding hydrogens is 268 g/mol. The Morgan fingerprint density at radius 3 is 2.05 bits per heavy atom. The van der Waals surface area contributed by atoms with Crippen LogP contribution in [-0.2, 0) is 0 Å². The van der Waals surface area contributed by atoms with Gasteiger partial charge in [0, 0.05) is 10.6 Å². The highest BCUT2D eigenvalue weighted by Gasteiger charge is 2.07. The first-order chi connectivity index (χ1) is 9.74. The quantitative estimate of drug-likeness (QED) is 0.668. The molecule has 0 radical (unpaired) electrons. The number of phenols is 1. The molecule has 1 N–H and O–H groups in total. The molecule has 0 saturated heterocycles. The Balaban J connectivity index is 2.15. The molecule has 98 valence electrons. The second-order valence-electron chi connectivity index (χ2n) is 4.61. The first kappa shape index (κ1) is 12.8. The maximum atomic E-state index is 9.97. The minimum Gasteiger partial charge on any atom is -0.507 e. The summed E-state index contributed by atoms with van der Waals surface area (Å²) >= 11 is 6.22. The third-order valence-electron chi connectivity index (χ3n) is 3.22. The van der Waals surface area contributed by atoms with Crippen LogP contribution in [0.1, 0.15) is 0 Å². The van der Waals surface area contributed by atoms with Crippen molar-refractivity contribution in [3.63, 3.8) is 0 Å². The molecule has 0 heterocycles. The van der Waals surface area contributed by atoms with E-state index in [1.165, 1.54) is 0 Å². The Hall–Kier alpha value is -2.25. The van der Waals surface area contributed by atoms with Crippen LogP contribution < -0.4 is 0 Å². The maximum absolute atomic E-state index is 9.97. The Morgan fingerprint density at radius 1 is 0.650 bits per heavy atom. The van der Waals surface area contributed by atoms with E-state index in [1.807, 2.05) is 66.7 Å². The van der Waals surface area contributed by atoms with Gasteiger partial charge in [-0.05, 0) is 41.0 Å². The Morgan fingerprint density at radius 2 is 1.30 bits per heavy atom. The molecular formula is C18H13ClO. The third-order valence-corrected chi connectivity index (χ3v) is 3.44. The molecule has 2 heteroatoms. The number of phenolic OH excluding ortho intramolecular Hbond substituents is 1. The standard InChI is InChI=1S/C18H13ClO/c19-16-11-14(13-6-2-1-3-7-13)10-15(12-16)17-8-4-5-9-18(17)20/h1-12,20H. The minimum atomic E-state index is 0.258. The second kappa shape index (κ2) is 5.40. The number of halogens is 1. The fraction of sp³-hybridized carbons (Fsp3) is 0. The van der Waals surface area contributed by atoms with Crippen LogP contribution in [0, 0.1) is 0 Å². The van der Waals surface area contributed by atoms with E-state index in [-0.39, 0.29) is 5.75 Å².